The summed E-state index contributed by atoms with van der Waals surface area (Å²) < 4.78 is 0. The summed E-state index contributed by atoms with van der Waals surface area (Å²) in [5.41, 5.74) is 5.01. The third kappa shape index (κ3) is 10.2. The fourth-order valence-electron chi connectivity index (χ4n) is 1.89. The van der Waals surface area contributed by atoms with Crippen molar-refractivity contribution in [1.82, 2.24) is 21.0 Å². The van der Waals surface area contributed by atoms with Crippen LogP contribution in [0, 0.1) is 0 Å². The first-order chi connectivity index (χ1) is 14.5. The molecule has 31 heavy (non-hydrogen) atoms. The molecule has 1 heterocycles. The Bertz CT molecular complexity index is 690. The second-order valence-electron chi connectivity index (χ2n) is 6.31. The molecule has 1 aliphatic rings. The number of hydroxylamine groups is 2. The second kappa shape index (κ2) is 13.7. The first-order valence-electron chi connectivity index (χ1n) is 9.71. The number of primary amides is 1. The molecule has 0 spiro atoms. The molecule has 0 saturated carbocycles. The second-order valence-corrected chi connectivity index (χ2v) is 6.31. The summed E-state index contributed by atoms with van der Waals surface area (Å²) in [5, 5.41) is 7.52. The van der Waals surface area contributed by atoms with E-state index < -0.39 is 53.6 Å². The van der Waals surface area contributed by atoms with Crippen molar-refractivity contribution in [3.63, 3.8) is 0 Å². The fourth-order valence-corrected chi connectivity index (χ4v) is 1.89. The monoisotopic (exact) mass is 443 g/mol. The third-order valence-electron chi connectivity index (χ3n) is 3.79. The molecule has 5 N–H and O–H groups in total. The number of hydrogen-bond acceptors (Lipinski definition) is 8. The number of rotatable bonds is 9. The van der Waals surface area contributed by atoms with Gasteiger partial charge in [-0.05, 0) is 6.92 Å². The van der Waals surface area contributed by atoms with Crippen LogP contribution in [0.4, 0.5) is 0 Å². The molecule has 1 rings (SSSR count). The topological polar surface area (TPSA) is 194 Å². The largest absolute Gasteiger partial charge is 0.368 e. The van der Waals surface area contributed by atoms with Gasteiger partial charge in [-0.1, -0.05) is 20.8 Å². The van der Waals surface area contributed by atoms with Gasteiger partial charge in [0.05, 0.1) is 0 Å². The Morgan fingerprint density at radius 1 is 0.903 bits per heavy atom. The number of amides is 6. The summed E-state index contributed by atoms with van der Waals surface area (Å²) >= 11 is 0. The molecule has 1 fully saturated rings. The average Bonchev–Trinajstić information content (AvgIpc) is 3.04. The van der Waals surface area contributed by atoms with E-state index in [4.69, 9.17) is 5.73 Å². The molecule has 6 amide bonds. The lowest BCUT2D eigenvalue weighted by atomic mass is 10.3. The molecule has 1 aliphatic heterocycles. The van der Waals surface area contributed by atoms with Crippen LogP contribution in [-0.2, 0) is 38.4 Å². The van der Waals surface area contributed by atoms with Gasteiger partial charge in [0.2, 0.25) is 17.7 Å². The lowest BCUT2D eigenvalue weighted by molar-refractivity contribution is -0.197. The van der Waals surface area contributed by atoms with E-state index in [1.165, 1.54) is 6.92 Å². The number of nitrogens with one attached hydrogen (secondary N) is 3. The number of carbonyl (C=O) groups excluding carboxylic acids is 7. The minimum atomic E-state index is -1.22. The standard InChI is InChI=1S/C11H20N4O4.C7H9NO4/c1-4-7(16)14-10(15-8(17)5-2)11(19)13-6(3)9(12)18;1-2-7(11)12-8-5(9)3-4-6(8)10/h6,10H,4-5H2,1-3H3,(H2,12,18)(H,13,19)(H,14,16)(H,15,17);2-4H2,1H3/t6-;/m0./s1. The molecule has 0 aromatic carbocycles. The summed E-state index contributed by atoms with van der Waals surface area (Å²) in [6.07, 6.45) is -0.474. The zero-order valence-corrected chi connectivity index (χ0v) is 18.0. The van der Waals surface area contributed by atoms with Crippen molar-refractivity contribution in [3.8, 4) is 0 Å². The molecule has 13 heteroatoms. The van der Waals surface area contributed by atoms with Crippen LogP contribution in [0.5, 0.6) is 0 Å². The molecule has 0 unspecified atom stereocenters. The van der Waals surface area contributed by atoms with E-state index in [1.54, 1.807) is 20.8 Å². The predicted molar refractivity (Wildman–Crippen MR) is 105 cm³/mol. The van der Waals surface area contributed by atoms with Crippen LogP contribution in [0.1, 0.15) is 59.8 Å². The van der Waals surface area contributed by atoms with Crippen LogP contribution in [-0.4, -0.2) is 58.7 Å². The zero-order valence-electron chi connectivity index (χ0n) is 18.0. The van der Waals surface area contributed by atoms with Gasteiger partial charge in [0.25, 0.3) is 17.7 Å². The van der Waals surface area contributed by atoms with Gasteiger partial charge in [0.1, 0.15) is 6.04 Å². The normalized spacial score (nSPS) is 13.6. The molecule has 0 bridgehead atoms. The Morgan fingerprint density at radius 3 is 1.71 bits per heavy atom. The summed E-state index contributed by atoms with van der Waals surface area (Å²) in [4.78, 5) is 82.1. The quantitative estimate of drug-likeness (QED) is 0.240. The molecule has 13 nitrogen and oxygen atoms in total. The molecule has 0 aromatic rings. The highest BCUT2D eigenvalue weighted by molar-refractivity contribution is 6.01. The van der Waals surface area contributed by atoms with E-state index in [0.717, 1.165) is 0 Å². The lowest BCUT2D eigenvalue weighted by Gasteiger charge is -2.20. The smallest absolute Gasteiger partial charge is 0.332 e. The predicted octanol–water partition coefficient (Wildman–Crippen LogP) is -1.64. The Labute approximate surface area is 179 Å². The van der Waals surface area contributed by atoms with Gasteiger partial charge >= 0.3 is 5.97 Å². The number of hydrogen-bond donors (Lipinski definition) is 4. The van der Waals surface area contributed by atoms with Crippen LogP contribution < -0.4 is 21.7 Å². The maximum Gasteiger partial charge on any atom is 0.332 e. The van der Waals surface area contributed by atoms with Crippen LogP contribution in [0.15, 0.2) is 0 Å². The van der Waals surface area contributed by atoms with E-state index >= 15 is 0 Å². The molecule has 1 atom stereocenters. The highest BCUT2D eigenvalue weighted by Gasteiger charge is 2.32. The number of nitrogens with two attached hydrogens (primary N) is 1. The van der Waals surface area contributed by atoms with E-state index in [0.29, 0.717) is 5.06 Å². The fraction of sp³-hybridized carbons (Fsp3) is 0.611. The summed E-state index contributed by atoms with van der Waals surface area (Å²) in [6, 6.07) is -0.896. The van der Waals surface area contributed by atoms with Crippen LogP contribution in [0.3, 0.4) is 0 Å². The van der Waals surface area contributed by atoms with E-state index in [-0.39, 0.29) is 32.1 Å². The Morgan fingerprint density at radius 2 is 1.35 bits per heavy atom. The van der Waals surface area contributed by atoms with E-state index in [1.807, 2.05) is 0 Å². The number of carbonyl (C=O) groups is 7. The maximum absolute atomic E-state index is 11.8. The number of nitrogens with zero attached hydrogens (tertiary/aromatic N) is 1. The molecule has 0 aliphatic carbocycles. The summed E-state index contributed by atoms with van der Waals surface area (Å²) in [6.45, 7) is 6.21. The van der Waals surface area contributed by atoms with Gasteiger partial charge in [0, 0.05) is 32.1 Å². The molecular weight excluding hydrogens is 414 g/mol. The van der Waals surface area contributed by atoms with Crippen molar-refractivity contribution >= 4 is 41.4 Å². The van der Waals surface area contributed by atoms with Crippen molar-refractivity contribution in [2.24, 2.45) is 5.73 Å². The maximum atomic E-state index is 11.8. The lowest BCUT2D eigenvalue weighted by Crippen LogP contribution is -2.59. The Balaban J connectivity index is 0.000000639. The first kappa shape index (κ1) is 27.5. The Hall–Kier alpha value is -3.51. The SMILES string of the molecule is CCC(=O)NC(NC(=O)CC)C(=O)N[C@@H](C)C(N)=O.CCC(=O)ON1C(=O)CCC1=O. The van der Waals surface area contributed by atoms with Crippen molar-refractivity contribution in [2.75, 3.05) is 0 Å². The average molecular weight is 443 g/mol. The van der Waals surface area contributed by atoms with Crippen molar-refractivity contribution in [3.05, 3.63) is 0 Å². The summed E-state index contributed by atoms with van der Waals surface area (Å²) in [5.74, 6) is -3.67. The van der Waals surface area contributed by atoms with Gasteiger partial charge < -0.3 is 26.5 Å². The van der Waals surface area contributed by atoms with Gasteiger partial charge in [-0.3, -0.25) is 28.8 Å². The van der Waals surface area contributed by atoms with Gasteiger partial charge in [-0.15, -0.1) is 5.06 Å². The first-order valence-corrected chi connectivity index (χ1v) is 9.71. The number of imide groups is 1. The Kier molecular flexibility index (Phi) is 12.1. The van der Waals surface area contributed by atoms with E-state index in [2.05, 4.69) is 20.8 Å². The van der Waals surface area contributed by atoms with Crippen LogP contribution >= 0.6 is 0 Å². The third-order valence-corrected chi connectivity index (χ3v) is 3.79. The molecule has 0 radical (unpaired) electrons. The van der Waals surface area contributed by atoms with Gasteiger partial charge in [-0.2, -0.15) is 0 Å². The van der Waals surface area contributed by atoms with Gasteiger partial charge in [0.15, 0.2) is 6.17 Å². The molecule has 174 valence electrons. The zero-order chi connectivity index (χ0) is 24.1. The highest BCUT2D eigenvalue weighted by atomic mass is 16.7. The van der Waals surface area contributed by atoms with Crippen LogP contribution in [0.25, 0.3) is 0 Å². The molecule has 1 saturated heterocycles. The highest BCUT2D eigenvalue weighted by Crippen LogP contribution is 2.12. The van der Waals surface area contributed by atoms with Crippen molar-refractivity contribution in [2.45, 2.75) is 72.0 Å². The molecule has 0 aromatic heterocycles. The van der Waals surface area contributed by atoms with Crippen molar-refractivity contribution < 1.29 is 38.4 Å². The minimum Gasteiger partial charge on any atom is -0.368 e. The van der Waals surface area contributed by atoms with E-state index in [9.17, 15) is 33.6 Å². The molecular formula is C18H29N5O8. The summed E-state index contributed by atoms with van der Waals surface area (Å²) in [7, 11) is 0. The van der Waals surface area contributed by atoms with Crippen molar-refractivity contribution in [1.29, 1.82) is 0 Å². The van der Waals surface area contributed by atoms with Crippen LogP contribution in [0.2, 0.25) is 0 Å². The van der Waals surface area contributed by atoms with Gasteiger partial charge in [-0.25, -0.2) is 4.79 Å². The minimum absolute atomic E-state index is 0.135.